The molecule has 0 aromatic heterocycles. The maximum Gasteiger partial charge on any atom is 0.150 e. The molecule has 2 rings (SSSR count). The van der Waals surface area contributed by atoms with E-state index >= 15 is 0 Å². The third-order valence-corrected chi connectivity index (χ3v) is 2.29. The minimum Gasteiger partial charge on any atom is -0.351 e. The SMILES string of the molecule is CC(C)(C)N1C=C2N=CC=CN2C1. The van der Waals surface area contributed by atoms with Crippen molar-refractivity contribution in [1.29, 1.82) is 0 Å². The van der Waals surface area contributed by atoms with Gasteiger partial charge in [-0.1, -0.05) is 0 Å². The number of fused-ring (bicyclic) bond motifs is 1. The van der Waals surface area contributed by atoms with Crippen molar-refractivity contribution in [2.24, 2.45) is 4.99 Å². The molecule has 0 saturated heterocycles. The van der Waals surface area contributed by atoms with Gasteiger partial charge in [-0.25, -0.2) is 4.99 Å². The summed E-state index contributed by atoms with van der Waals surface area (Å²) >= 11 is 0. The molecule has 0 aromatic rings. The van der Waals surface area contributed by atoms with Crippen LogP contribution in [0.15, 0.2) is 29.3 Å². The van der Waals surface area contributed by atoms with Gasteiger partial charge in [-0.05, 0) is 26.8 Å². The molecule has 0 N–H and O–H groups in total. The highest BCUT2D eigenvalue weighted by atomic mass is 15.4. The first-order valence-electron chi connectivity index (χ1n) is 4.53. The molecule has 0 bridgehead atoms. The quantitative estimate of drug-likeness (QED) is 0.561. The summed E-state index contributed by atoms with van der Waals surface area (Å²) in [6.07, 6.45) is 7.96. The predicted molar refractivity (Wildman–Crippen MR) is 54.0 cm³/mol. The zero-order valence-electron chi connectivity index (χ0n) is 8.36. The summed E-state index contributed by atoms with van der Waals surface area (Å²) in [6.45, 7) is 7.52. The van der Waals surface area contributed by atoms with E-state index in [9.17, 15) is 0 Å². The molecule has 0 radical (unpaired) electrons. The second-order valence-corrected chi connectivity index (χ2v) is 4.36. The largest absolute Gasteiger partial charge is 0.351 e. The van der Waals surface area contributed by atoms with Crippen LogP contribution in [0.3, 0.4) is 0 Å². The first-order chi connectivity index (χ1) is 6.07. The molecule has 3 nitrogen and oxygen atoms in total. The summed E-state index contributed by atoms with van der Waals surface area (Å²) in [5.41, 5.74) is 0.174. The Morgan fingerprint density at radius 1 is 1.38 bits per heavy atom. The Morgan fingerprint density at radius 2 is 2.15 bits per heavy atom. The van der Waals surface area contributed by atoms with E-state index < -0.39 is 0 Å². The minimum absolute atomic E-state index is 0.174. The Kier molecular flexibility index (Phi) is 1.68. The average Bonchev–Trinajstić information content (AvgIpc) is 2.45. The maximum atomic E-state index is 4.29. The van der Waals surface area contributed by atoms with Crippen molar-refractivity contribution in [2.45, 2.75) is 26.3 Å². The fourth-order valence-electron chi connectivity index (χ4n) is 1.39. The van der Waals surface area contributed by atoms with E-state index in [2.05, 4.69) is 48.0 Å². The molecule has 0 atom stereocenters. The number of aliphatic imine (C=N–C) groups is 1. The van der Waals surface area contributed by atoms with Crippen LogP contribution in [0.2, 0.25) is 0 Å². The maximum absolute atomic E-state index is 4.29. The number of hydrogen-bond acceptors (Lipinski definition) is 3. The predicted octanol–water partition coefficient (Wildman–Crippen LogP) is 1.76. The van der Waals surface area contributed by atoms with Gasteiger partial charge in [0.15, 0.2) is 0 Å². The Balaban J connectivity index is 2.21. The summed E-state index contributed by atoms with van der Waals surface area (Å²) in [5.74, 6) is 1.04. The van der Waals surface area contributed by atoms with Crippen molar-refractivity contribution in [3.8, 4) is 0 Å². The summed E-state index contributed by atoms with van der Waals surface area (Å²) in [6, 6.07) is 0. The first kappa shape index (κ1) is 8.35. The minimum atomic E-state index is 0.174. The van der Waals surface area contributed by atoms with Crippen molar-refractivity contribution >= 4 is 6.21 Å². The molecule has 0 aromatic carbocycles. The fraction of sp³-hybridized carbons (Fsp3) is 0.500. The fourth-order valence-corrected chi connectivity index (χ4v) is 1.39. The van der Waals surface area contributed by atoms with E-state index in [1.54, 1.807) is 0 Å². The van der Waals surface area contributed by atoms with Crippen molar-refractivity contribution in [3.63, 3.8) is 0 Å². The molecule has 0 amide bonds. The highest BCUT2D eigenvalue weighted by molar-refractivity contribution is 5.73. The number of nitrogens with zero attached hydrogens (tertiary/aromatic N) is 3. The van der Waals surface area contributed by atoms with Crippen molar-refractivity contribution < 1.29 is 0 Å². The lowest BCUT2D eigenvalue weighted by molar-refractivity contribution is 0.179. The van der Waals surface area contributed by atoms with E-state index in [1.165, 1.54) is 0 Å². The Morgan fingerprint density at radius 3 is 2.77 bits per heavy atom. The average molecular weight is 177 g/mol. The molecule has 13 heavy (non-hydrogen) atoms. The van der Waals surface area contributed by atoms with Crippen LogP contribution < -0.4 is 0 Å². The van der Waals surface area contributed by atoms with Gasteiger partial charge in [-0.3, -0.25) is 0 Å². The van der Waals surface area contributed by atoms with Gasteiger partial charge in [0.05, 0.1) is 6.67 Å². The molecule has 0 fully saturated rings. The van der Waals surface area contributed by atoms with Gasteiger partial charge in [0, 0.05) is 24.2 Å². The monoisotopic (exact) mass is 177 g/mol. The van der Waals surface area contributed by atoms with Crippen LogP contribution in [0.1, 0.15) is 20.8 Å². The van der Waals surface area contributed by atoms with Crippen LogP contribution in [-0.4, -0.2) is 28.2 Å². The molecule has 2 heterocycles. The van der Waals surface area contributed by atoms with Gasteiger partial charge in [0.1, 0.15) is 5.82 Å². The summed E-state index contributed by atoms with van der Waals surface area (Å²) in [5, 5.41) is 0. The lowest BCUT2D eigenvalue weighted by Gasteiger charge is -2.32. The van der Waals surface area contributed by atoms with Gasteiger partial charge in [-0.2, -0.15) is 0 Å². The van der Waals surface area contributed by atoms with Crippen LogP contribution in [0.4, 0.5) is 0 Å². The van der Waals surface area contributed by atoms with Gasteiger partial charge < -0.3 is 9.80 Å². The van der Waals surface area contributed by atoms with Gasteiger partial charge in [0.25, 0.3) is 0 Å². The van der Waals surface area contributed by atoms with Crippen LogP contribution in [0, 0.1) is 0 Å². The topological polar surface area (TPSA) is 18.8 Å². The molecular formula is C10H15N3. The lowest BCUT2D eigenvalue weighted by Crippen LogP contribution is -2.38. The summed E-state index contributed by atoms with van der Waals surface area (Å²) in [7, 11) is 0. The second-order valence-electron chi connectivity index (χ2n) is 4.36. The van der Waals surface area contributed by atoms with E-state index in [-0.39, 0.29) is 5.54 Å². The van der Waals surface area contributed by atoms with Crippen molar-refractivity contribution in [3.05, 3.63) is 24.3 Å². The third-order valence-electron chi connectivity index (χ3n) is 2.29. The summed E-state index contributed by atoms with van der Waals surface area (Å²) in [4.78, 5) is 8.72. The third kappa shape index (κ3) is 1.46. The molecule has 0 unspecified atom stereocenters. The van der Waals surface area contributed by atoms with Crippen LogP contribution in [-0.2, 0) is 0 Å². The molecule has 0 saturated carbocycles. The zero-order valence-corrected chi connectivity index (χ0v) is 8.36. The molecule has 2 aliphatic heterocycles. The molecular weight excluding hydrogens is 162 g/mol. The van der Waals surface area contributed by atoms with Crippen LogP contribution >= 0.6 is 0 Å². The lowest BCUT2D eigenvalue weighted by atomic mass is 10.1. The zero-order chi connectivity index (χ0) is 9.47. The molecule has 0 aliphatic carbocycles. The van der Waals surface area contributed by atoms with Crippen LogP contribution in [0.5, 0.6) is 0 Å². The van der Waals surface area contributed by atoms with E-state index in [0.717, 1.165) is 12.5 Å². The smallest absolute Gasteiger partial charge is 0.150 e. The Hall–Kier alpha value is -1.25. The number of allylic oxidation sites excluding steroid dienone is 1. The van der Waals surface area contributed by atoms with E-state index in [0.29, 0.717) is 0 Å². The standard InChI is InChI=1S/C10H15N3/c1-10(2,3)13-7-9-11-5-4-6-12(9)8-13/h4-7H,8H2,1-3H3. The normalized spacial score (nSPS) is 20.7. The number of rotatable bonds is 0. The number of hydrogen-bond donors (Lipinski definition) is 0. The van der Waals surface area contributed by atoms with Crippen molar-refractivity contribution in [1.82, 2.24) is 9.80 Å². The van der Waals surface area contributed by atoms with Gasteiger partial charge in [0.2, 0.25) is 0 Å². The van der Waals surface area contributed by atoms with Crippen molar-refractivity contribution in [2.75, 3.05) is 6.67 Å². The molecule has 0 spiro atoms. The Bertz CT molecular complexity index is 294. The highest BCUT2D eigenvalue weighted by Gasteiger charge is 2.27. The summed E-state index contributed by atoms with van der Waals surface area (Å²) < 4.78 is 0. The van der Waals surface area contributed by atoms with Gasteiger partial charge in [-0.15, -0.1) is 0 Å². The highest BCUT2D eigenvalue weighted by Crippen LogP contribution is 2.25. The van der Waals surface area contributed by atoms with Gasteiger partial charge >= 0.3 is 0 Å². The molecule has 2 aliphatic rings. The molecule has 3 heteroatoms. The van der Waals surface area contributed by atoms with E-state index in [1.807, 2.05) is 12.3 Å². The Labute approximate surface area is 79.0 Å². The van der Waals surface area contributed by atoms with E-state index in [4.69, 9.17) is 0 Å². The first-order valence-corrected chi connectivity index (χ1v) is 4.53. The second kappa shape index (κ2) is 2.62. The molecule has 70 valence electrons. The van der Waals surface area contributed by atoms with Crippen LogP contribution in [0.25, 0.3) is 0 Å².